The Balaban J connectivity index is 1.45. The highest BCUT2D eigenvalue weighted by Gasteiger charge is 2.42. The van der Waals surface area contributed by atoms with E-state index in [0.29, 0.717) is 10.1 Å². The molecule has 2 fully saturated rings. The van der Waals surface area contributed by atoms with Crippen molar-refractivity contribution in [2.75, 3.05) is 22.9 Å². The van der Waals surface area contributed by atoms with Gasteiger partial charge in [0, 0.05) is 47.1 Å². The Morgan fingerprint density at radius 3 is 2.41 bits per heavy atom. The molecule has 0 saturated carbocycles. The molecule has 6 rings (SSSR count). The Kier molecular flexibility index (Phi) is 7.75. The fourth-order valence-corrected chi connectivity index (χ4v) is 7.19. The molecule has 2 saturated heterocycles. The van der Waals surface area contributed by atoms with Crippen LogP contribution < -0.4 is 15.1 Å². The van der Waals surface area contributed by atoms with Gasteiger partial charge in [0.15, 0.2) is 5.11 Å². The average Bonchev–Trinajstić information content (AvgIpc) is 3.45. The minimum absolute atomic E-state index is 0.130. The Hall–Kier alpha value is -3.06. The van der Waals surface area contributed by atoms with E-state index < -0.39 is 0 Å². The van der Waals surface area contributed by atoms with Crippen molar-refractivity contribution in [1.82, 2.24) is 14.9 Å². The van der Waals surface area contributed by atoms with E-state index in [-0.39, 0.29) is 12.1 Å². The number of aryl methyl sites for hydroxylation is 2. The van der Waals surface area contributed by atoms with Crippen LogP contribution in [0.4, 0.5) is 11.4 Å². The van der Waals surface area contributed by atoms with Crippen molar-refractivity contribution in [3.8, 4) is 5.69 Å². The van der Waals surface area contributed by atoms with Crippen molar-refractivity contribution >= 4 is 51.9 Å². The van der Waals surface area contributed by atoms with Gasteiger partial charge in [0.05, 0.1) is 28.5 Å². The summed E-state index contributed by atoms with van der Waals surface area (Å²) in [5.41, 5.74) is 8.69. The highest BCUT2D eigenvalue weighted by Crippen LogP contribution is 2.45. The van der Waals surface area contributed by atoms with E-state index >= 15 is 0 Å². The number of anilines is 2. The summed E-state index contributed by atoms with van der Waals surface area (Å²) in [6.45, 7) is 10.8. The molecule has 0 amide bonds. The third-order valence-electron chi connectivity index (χ3n) is 8.63. The van der Waals surface area contributed by atoms with Gasteiger partial charge >= 0.3 is 0 Å². The quantitative estimate of drug-likeness (QED) is 0.231. The topological polar surface area (TPSA) is 36.3 Å². The molecule has 0 bridgehead atoms. The van der Waals surface area contributed by atoms with Crippen LogP contribution in [0.2, 0.25) is 10.0 Å². The Morgan fingerprint density at radius 2 is 1.71 bits per heavy atom. The largest absolute Gasteiger partial charge is 0.370 e. The van der Waals surface area contributed by atoms with Gasteiger partial charge in [-0.15, -0.1) is 0 Å². The molecule has 5 nitrogen and oxygen atoms in total. The monoisotopic (exact) mass is 603 g/mol. The summed E-state index contributed by atoms with van der Waals surface area (Å²) in [7, 11) is 0. The second-order valence-corrected chi connectivity index (χ2v) is 12.6. The minimum atomic E-state index is -0.139. The summed E-state index contributed by atoms with van der Waals surface area (Å²) in [5.74, 6) is 0.760. The minimum Gasteiger partial charge on any atom is -0.370 e. The number of halogens is 2. The lowest BCUT2D eigenvalue weighted by Crippen LogP contribution is -2.33. The summed E-state index contributed by atoms with van der Waals surface area (Å²) in [6.07, 6.45) is 4.21. The second kappa shape index (κ2) is 11.3. The fraction of sp³-hybridized carbons (Fsp3) is 0.333. The number of hydrogen-bond acceptors (Lipinski definition) is 3. The fourth-order valence-electron chi connectivity index (χ4n) is 6.38. The Labute approximate surface area is 258 Å². The van der Waals surface area contributed by atoms with E-state index in [2.05, 4.69) is 83.8 Å². The zero-order chi connectivity index (χ0) is 28.8. The predicted molar refractivity (Wildman–Crippen MR) is 175 cm³/mol. The van der Waals surface area contributed by atoms with E-state index in [1.54, 1.807) is 0 Å². The number of aromatic nitrogens is 2. The van der Waals surface area contributed by atoms with Gasteiger partial charge in [-0.3, -0.25) is 4.98 Å². The third-order valence-corrected chi connectivity index (χ3v) is 9.49. The molecular weight excluding hydrogens is 569 g/mol. The maximum atomic E-state index is 6.98. The maximum absolute atomic E-state index is 6.98. The molecule has 2 atom stereocenters. The first kappa shape index (κ1) is 28.1. The van der Waals surface area contributed by atoms with E-state index in [1.165, 1.54) is 18.4 Å². The molecule has 0 unspecified atom stereocenters. The molecule has 2 aromatic heterocycles. The lowest BCUT2D eigenvalue weighted by Gasteiger charge is -2.33. The van der Waals surface area contributed by atoms with Gasteiger partial charge in [0.2, 0.25) is 0 Å². The van der Waals surface area contributed by atoms with Crippen molar-refractivity contribution in [1.29, 1.82) is 0 Å². The number of pyridine rings is 1. The number of thiocarbonyl (C=S) groups is 1. The second-order valence-electron chi connectivity index (χ2n) is 11.4. The molecule has 212 valence electrons. The number of nitrogens with one attached hydrogen (secondary N) is 1. The average molecular weight is 605 g/mol. The van der Waals surface area contributed by atoms with Crippen LogP contribution in [0.5, 0.6) is 0 Å². The smallest absolute Gasteiger partial charge is 0.174 e. The summed E-state index contributed by atoms with van der Waals surface area (Å²) in [4.78, 5) is 9.35. The van der Waals surface area contributed by atoms with Gasteiger partial charge in [0.25, 0.3) is 0 Å². The van der Waals surface area contributed by atoms with Crippen LogP contribution in [-0.4, -0.2) is 27.8 Å². The van der Waals surface area contributed by atoms with Gasteiger partial charge < -0.3 is 19.7 Å². The Bertz CT molecular complexity index is 1590. The highest BCUT2D eigenvalue weighted by molar-refractivity contribution is 7.80. The lowest BCUT2D eigenvalue weighted by molar-refractivity contribution is 0.438. The normalized spacial score (nSPS) is 19.6. The molecule has 0 aliphatic carbocycles. The van der Waals surface area contributed by atoms with Crippen LogP contribution in [0, 0.1) is 26.7 Å². The standard InChI is InChI=1S/C33H35Cl2N5S/c1-20-12-15-38(16-13-20)29-11-10-25(19-27(29)35)40-32(31(37-33(40)41)28-7-5-6-14-36-28)26-17-22(3)39(23(26)4)30-18-24(34)9-8-21(30)2/h5-11,14,17-20,31-32H,12-13,15-16H2,1-4H3,(H,37,41)/t31-,32+/m0/s1. The number of piperidine rings is 1. The van der Waals surface area contributed by atoms with Crippen LogP contribution in [0.3, 0.4) is 0 Å². The van der Waals surface area contributed by atoms with Crippen LogP contribution >= 0.6 is 35.4 Å². The van der Waals surface area contributed by atoms with Gasteiger partial charge in [-0.2, -0.15) is 0 Å². The zero-order valence-corrected chi connectivity index (χ0v) is 26.2. The van der Waals surface area contributed by atoms with Crippen LogP contribution in [0.15, 0.2) is 66.9 Å². The van der Waals surface area contributed by atoms with Gasteiger partial charge in [0.1, 0.15) is 0 Å². The Morgan fingerprint density at radius 1 is 0.927 bits per heavy atom. The number of rotatable bonds is 5. The molecule has 41 heavy (non-hydrogen) atoms. The van der Waals surface area contributed by atoms with Gasteiger partial charge in [-0.1, -0.05) is 42.3 Å². The third kappa shape index (κ3) is 5.22. The summed E-state index contributed by atoms with van der Waals surface area (Å²) >= 11 is 19.4. The van der Waals surface area contributed by atoms with Crippen molar-refractivity contribution in [2.45, 2.75) is 52.6 Å². The molecule has 1 N–H and O–H groups in total. The zero-order valence-electron chi connectivity index (χ0n) is 23.9. The van der Waals surface area contributed by atoms with Crippen LogP contribution in [0.1, 0.15) is 60.1 Å². The van der Waals surface area contributed by atoms with Crippen molar-refractivity contribution < 1.29 is 0 Å². The SMILES string of the molecule is Cc1ccc(Cl)cc1-n1c(C)cc([C@@H]2[C@H](c3ccccn3)NC(=S)N2c2ccc(N3CCC(C)CC3)c(Cl)c2)c1C. The van der Waals surface area contributed by atoms with Crippen LogP contribution in [-0.2, 0) is 0 Å². The highest BCUT2D eigenvalue weighted by atomic mass is 35.5. The first-order valence-electron chi connectivity index (χ1n) is 14.2. The maximum Gasteiger partial charge on any atom is 0.174 e. The summed E-state index contributed by atoms with van der Waals surface area (Å²) < 4.78 is 2.29. The number of nitrogens with zero attached hydrogens (tertiary/aromatic N) is 4. The molecule has 2 aliphatic heterocycles. The number of benzene rings is 2. The molecule has 0 radical (unpaired) electrons. The van der Waals surface area contributed by atoms with Crippen molar-refractivity contribution in [3.63, 3.8) is 0 Å². The molecule has 4 aromatic rings. The van der Waals surface area contributed by atoms with Crippen molar-refractivity contribution in [3.05, 3.63) is 105 Å². The first-order chi connectivity index (χ1) is 19.7. The summed E-state index contributed by atoms with van der Waals surface area (Å²) in [5, 5.41) is 5.72. The molecule has 4 heterocycles. The van der Waals surface area contributed by atoms with Gasteiger partial charge in [-0.05, 0) is 111 Å². The van der Waals surface area contributed by atoms with Crippen LogP contribution in [0.25, 0.3) is 5.69 Å². The van der Waals surface area contributed by atoms with E-state index in [1.807, 2.05) is 30.5 Å². The van der Waals surface area contributed by atoms with E-state index in [0.717, 1.165) is 63.7 Å². The first-order valence-corrected chi connectivity index (χ1v) is 15.4. The summed E-state index contributed by atoms with van der Waals surface area (Å²) in [6, 6.07) is 20.4. The van der Waals surface area contributed by atoms with Gasteiger partial charge in [-0.25, -0.2) is 0 Å². The van der Waals surface area contributed by atoms with E-state index in [9.17, 15) is 0 Å². The van der Waals surface area contributed by atoms with E-state index in [4.69, 9.17) is 40.4 Å². The number of hydrogen-bond donors (Lipinski definition) is 1. The lowest BCUT2D eigenvalue weighted by atomic mass is 9.96. The molecule has 2 aromatic carbocycles. The molecule has 2 aliphatic rings. The molecule has 8 heteroatoms. The molecular formula is C33H35Cl2N5S. The predicted octanol–water partition coefficient (Wildman–Crippen LogP) is 8.52. The molecule has 0 spiro atoms. The van der Waals surface area contributed by atoms with Crippen molar-refractivity contribution in [2.24, 2.45) is 5.92 Å².